The predicted octanol–water partition coefficient (Wildman–Crippen LogP) is 2.25. The Morgan fingerprint density at radius 3 is 2.88 bits per heavy atom. The van der Waals surface area contributed by atoms with Crippen molar-refractivity contribution in [1.82, 2.24) is 9.97 Å². The van der Waals surface area contributed by atoms with Gasteiger partial charge in [0.1, 0.15) is 18.0 Å². The predicted molar refractivity (Wildman–Crippen MR) is 71.0 cm³/mol. The highest BCUT2D eigenvalue weighted by molar-refractivity contribution is 5.57. The van der Waals surface area contributed by atoms with Crippen LogP contribution in [0.1, 0.15) is 39.2 Å². The summed E-state index contributed by atoms with van der Waals surface area (Å²) in [5.74, 6) is 2.33. The van der Waals surface area contributed by atoms with Crippen molar-refractivity contribution < 1.29 is 0 Å². The van der Waals surface area contributed by atoms with Crippen molar-refractivity contribution in [3.63, 3.8) is 0 Å². The molecule has 4 nitrogen and oxygen atoms in total. The van der Waals surface area contributed by atoms with E-state index < -0.39 is 0 Å². The van der Waals surface area contributed by atoms with Crippen LogP contribution >= 0.6 is 0 Å². The Hall–Kier alpha value is -1.32. The standard InChI is InChI=1S/C13H22N4/c1-4-10-12(14)15-8-16-13(10)17-7-5-6-11(17)9(2)3/h8-9,11H,4-7H2,1-3H3,(H2,14,15,16). The molecule has 1 aromatic rings. The van der Waals surface area contributed by atoms with E-state index in [-0.39, 0.29) is 0 Å². The molecular formula is C13H22N4. The topological polar surface area (TPSA) is 55.0 Å². The Morgan fingerprint density at radius 2 is 2.24 bits per heavy atom. The van der Waals surface area contributed by atoms with Crippen LogP contribution in [-0.4, -0.2) is 22.6 Å². The van der Waals surface area contributed by atoms with Crippen LogP contribution in [0, 0.1) is 5.92 Å². The number of hydrogen-bond acceptors (Lipinski definition) is 4. The zero-order chi connectivity index (χ0) is 12.4. The van der Waals surface area contributed by atoms with Gasteiger partial charge in [-0.1, -0.05) is 20.8 Å². The van der Waals surface area contributed by atoms with E-state index in [1.165, 1.54) is 12.8 Å². The summed E-state index contributed by atoms with van der Waals surface area (Å²) in [6, 6.07) is 0.592. The molecular weight excluding hydrogens is 212 g/mol. The van der Waals surface area contributed by atoms with Crippen LogP contribution in [0.4, 0.5) is 11.6 Å². The molecule has 17 heavy (non-hydrogen) atoms. The number of hydrogen-bond donors (Lipinski definition) is 1. The largest absolute Gasteiger partial charge is 0.383 e. The molecule has 0 aliphatic carbocycles. The van der Waals surface area contributed by atoms with Crippen LogP contribution in [0.15, 0.2) is 6.33 Å². The lowest BCUT2D eigenvalue weighted by molar-refractivity contribution is 0.489. The lowest BCUT2D eigenvalue weighted by Gasteiger charge is -2.30. The maximum absolute atomic E-state index is 5.94. The maximum atomic E-state index is 5.94. The normalized spacial score (nSPS) is 20.2. The smallest absolute Gasteiger partial charge is 0.137 e. The number of nitrogens with two attached hydrogens (primary N) is 1. The van der Waals surface area contributed by atoms with Gasteiger partial charge in [-0.25, -0.2) is 9.97 Å². The Bertz CT molecular complexity index is 389. The van der Waals surface area contributed by atoms with Crippen LogP contribution < -0.4 is 10.6 Å². The quantitative estimate of drug-likeness (QED) is 0.871. The first kappa shape index (κ1) is 12.1. The molecule has 0 amide bonds. The second-order valence-corrected chi connectivity index (χ2v) is 5.06. The second-order valence-electron chi connectivity index (χ2n) is 5.06. The molecule has 2 heterocycles. The van der Waals surface area contributed by atoms with Gasteiger partial charge >= 0.3 is 0 Å². The van der Waals surface area contributed by atoms with Crippen molar-refractivity contribution in [2.75, 3.05) is 17.2 Å². The molecule has 0 saturated carbocycles. The van der Waals surface area contributed by atoms with Gasteiger partial charge in [0.05, 0.1) is 0 Å². The molecule has 0 radical (unpaired) electrons. The van der Waals surface area contributed by atoms with Gasteiger partial charge in [-0.15, -0.1) is 0 Å². The molecule has 1 aliphatic rings. The van der Waals surface area contributed by atoms with E-state index in [9.17, 15) is 0 Å². The SMILES string of the molecule is CCc1c(N)ncnc1N1CCCC1C(C)C. The van der Waals surface area contributed by atoms with Crippen molar-refractivity contribution in [2.45, 2.75) is 46.1 Å². The van der Waals surface area contributed by atoms with Crippen LogP contribution in [0.2, 0.25) is 0 Å². The van der Waals surface area contributed by atoms with Gasteiger partial charge in [-0.2, -0.15) is 0 Å². The summed E-state index contributed by atoms with van der Waals surface area (Å²) in [4.78, 5) is 11.0. The molecule has 1 fully saturated rings. The lowest BCUT2D eigenvalue weighted by Crippen LogP contribution is -2.34. The third kappa shape index (κ3) is 2.21. The molecule has 1 atom stereocenters. The van der Waals surface area contributed by atoms with Crippen LogP contribution in [-0.2, 0) is 6.42 Å². The summed E-state index contributed by atoms with van der Waals surface area (Å²) in [6.45, 7) is 7.75. The Morgan fingerprint density at radius 1 is 1.47 bits per heavy atom. The summed E-state index contributed by atoms with van der Waals surface area (Å²) in [7, 11) is 0. The fourth-order valence-electron chi connectivity index (χ4n) is 2.75. The fourth-order valence-corrected chi connectivity index (χ4v) is 2.75. The number of nitrogens with zero attached hydrogens (tertiary/aromatic N) is 3. The molecule has 1 saturated heterocycles. The number of rotatable bonds is 3. The first-order valence-electron chi connectivity index (χ1n) is 6.51. The highest BCUT2D eigenvalue weighted by atomic mass is 15.2. The van der Waals surface area contributed by atoms with E-state index in [2.05, 4.69) is 35.6 Å². The minimum absolute atomic E-state index is 0.592. The molecule has 2 N–H and O–H groups in total. The zero-order valence-corrected chi connectivity index (χ0v) is 11.0. The van der Waals surface area contributed by atoms with Crippen molar-refractivity contribution in [3.8, 4) is 0 Å². The van der Waals surface area contributed by atoms with Gasteiger partial charge in [0.25, 0.3) is 0 Å². The van der Waals surface area contributed by atoms with Gasteiger partial charge in [0.15, 0.2) is 0 Å². The number of nitrogen functional groups attached to an aromatic ring is 1. The third-order valence-electron chi connectivity index (χ3n) is 3.65. The Labute approximate surface area is 103 Å². The van der Waals surface area contributed by atoms with E-state index in [1.807, 2.05) is 0 Å². The zero-order valence-electron chi connectivity index (χ0n) is 11.0. The van der Waals surface area contributed by atoms with E-state index in [4.69, 9.17) is 5.73 Å². The molecule has 0 bridgehead atoms. The highest BCUT2D eigenvalue weighted by Crippen LogP contribution is 2.31. The molecule has 94 valence electrons. The van der Waals surface area contributed by atoms with Crippen molar-refractivity contribution in [1.29, 1.82) is 0 Å². The van der Waals surface area contributed by atoms with Crippen molar-refractivity contribution in [2.24, 2.45) is 5.92 Å². The van der Waals surface area contributed by atoms with E-state index in [0.717, 1.165) is 24.3 Å². The summed E-state index contributed by atoms with van der Waals surface area (Å²) >= 11 is 0. The van der Waals surface area contributed by atoms with Crippen LogP contribution in [0.25, 0.3) is 0 Å². The summed E-state index contributed by atoms with van der Waals surface area (Å²) in [5, 5.41) is 0. The molecule has 0 spiro atoms. The third-order valence-corrected chi connectivity index (χ3v) is 3.65. The molecule has 1 unspecified atom stereocenters. The van der Waals surface area contributed by atoms with Crippen molar-refractivity contribution >= 4 is 11.6 Å². The number of aromatic nitrogens is 2. The molecule has 1 aromatic heterocycles. The van der Waals surface area contributed by atoms with E-state index in [1.54, 1.807) is 6.33 Å². The highest BCUT2D eigenvalue weighted by Gasteiger charge is 2.29. The van der Waals surface area contributed by atoms with E-state index in [0.29, 0.717) is 17.8 Å². The van der Waals surface area contributed by atoms with Crippen LogP contribution in [0.3, 0.4) is 0 Å². The van der Waals surface area contributed by atoms with Crippen LogP contribution in [0.5, 0.6) is 0 Å². The summed E-state index contributed by atoms with van der Waals surface area (Å²) < 4.78 is 0. The van der Waals surface area contributed by atoms with Gasteiger partial charge in [-0.05, 0) is 25.2 Å². The Kier molecular flexibility index (Phi) is 3.50. The Balaban J connectivity index is 2.36. The average Bonchev–Trinajstić information content (AvgIpc) is 2.77. The minimum Gasteiger partial charge on any atom is -0.383 e. The summed E-state index contributed by atoms with van der Waals surface area (Å²) in [6.07, 6.45) is 4.98. The van der Waals surface area contributed by atoms with Gasteiger partial charge in [0, 0.05) is 18.2 Å². The number of anilines is 2. The lowest BCUT2D eigenvalue weighted by atomic mass is 10.0. The molecule has 1 aliphatic heterocycles. The average molecular weight is 234 g/mol. The molecule has 4 heteroatoms. The minimum atomic E-state index is 0.592. The maximum Gasteiger partial charge on any atom is 0.137 e. The molecule has 0 aromatic carbocycles. The van der Waals surface area contributed by atoms with Gasteiger partial charge in [-0.3, -0.25) is 0 Å². The first-order valence-corrected chi connectivity index (χ1v) is 6.51. The second kappa shape index (κ2) is 4.90. The van der Waals surface area contributed by atoms with Gasteiger partial charge in [0.2, 0.25) is 0 Å². The van der Waals surface area contributed by atoms with Gasteiger partial charge < -0.3 is 10.6 Å². The van der Waals surface area contributed by atoms with E-state index >= 15 is 0 Å². The fraction of sp³-hybridized carbons (Fsp3) is 0.692. The van der Waals surface area contributed by atoms with Crippen molar-refractivity contribution in [3.05, 3.63) is 11.9 Å². The molecule has 2 rings (SSSR count). The first-order chi connectivity index (χ1) is 8.15. The monoisotopic (exact) mass is 234 g/mol. The summed E-state index contributed by atoms with van der Waals surface area (Å²) in [5.41, 5.74) is 7.04.